The number of carboxylic acids is 1. The molecule has 0 radical (unpaired) electrons. The van der Waals surface area contributed by atoms with Gasteiger partial charge in [-0.25, -0.2) is 13.2 Å². The minimum absolute atomic E-state index is 0.129. The molecule has 17 heavy (non-hydrogen) atoms. The van der Waals surface area contributed by atoms with Gasteiger partial charge in [0.1, 0.15) is 0 Å². The molecule has 1 aliphatic rings. The van der Waals surface area contributed by atoms with Crippen LogP contribution in [-0.2, 0) is 10.0 Å². The number of hydrogen-bond acceptors (Lipinski definition) is 3. The zero-order valence-corrected chi connectivity index (χ0v) is 10.2. The summed E-state index contributed by atoms with van der Waals surface area (Å²) < 4.78 is 24.8. The minimum atomic E-state index is -3.26. The van der Waals surface area contributed by atoms with Crippen molar-refractivity contribution in [2.45, 2.75) is 13.3 Å². The van der Waals surface area contributed by atoms with Crippen LogP contribution in [0.1, 0.15) is 22.3 Å². The number of nitrogens with zero attached hydrogens (tertiary/aromatic N) is 1. The molecule has 1 heterocycles. The second-order valence-corrected chi connectivity index (χ2v) is 6.01. The number of aromatic carboxylic acids is 1. The molecule has 1 saturated heterocycles. The van der Waals surface area contributed by atoms with Crippen LogP contribution >= 0.6 is 0 Å². The van der Waals surface area contributed by atoms with E-state index in [0.29, 0.717) is 24.2 Å². The second kappa shape index (κ2) is 4.03. The zero-order chi connectivity index (χ0) is 12.6. The van der Waals surface area contributed by atoms with E-state index >= 15 is 0 Å². The van der Waals surface area contributed by atoms with Gasteiger partial charge in [-0.15, -0.1) is 0 Å². The van der Waals surface area contributed by atoms with Gasteiger partial charge in [-0.3, -0.25) is 4.31 Å². The Bertz CT molecular complexity index is 565. The highest BCUT2D eigenvalue weighted by atomic mass is 32.2. The zero-order valence-electron chi connectivity index (χ0n) is 9.38. The van der Waals surface area contributed by atoms with Crippen LogP contribution in [0.25, 0.3) is 0 Å². The molecule has 0 bridgehead atoms. The number of carboxylic acid groups (broad SMARTS) is 1. The van der Waals surface area contributed by atoms with Gasteiger partial charge >= 0.3 is 5.97 Å². The fourth-order valence-corrected chi connectivity index (χ4v) is 3.65. The van der Waals surface area contributed by atoms with Gasteiger partial charge in [0.25, 0.3) is 0 Å². The van der Waals surface area contributed by atoms with E-state index < -0.39 is 16.0 Å². The predicted molar refractivity (Wildman–Crippen MR) is 63.9 cm³/mol. The van der Waals surface area contributed by atoms with Crippen molar-refractivity contribution in [1.82, 2.24) is 0 Å². The van der Waals surface area contributed by atoms with Crippen LogP contribution in [-0.4, -0.2) is 31.8 Å². The van der Waals surface area contributed by atoms with Gasteiger partial charge in [0, 0.05) is 6.54 Å². The first-order valence-electron chi connectivity index (χ1n) is 5.27. The maximum atomic E-state index is 11.8. The van der Waals surface area contributed by atoms with Crippen molar-refractivity contribution in [2.24, 2.45) is 0 Å². The van der Waals surface area contributed by atoms with Crippen molar-refractivity contribution in [3.8, 4) is 0 Å². The third kappa shape index (κ3) is 2.00. The number of hydrogen-bond donors (Lipinski definition) is 1. The maximum absolute atomic E-state index is 11.8. The average molecular weight is 255 g/mol. The van der Waals surface area contributed by atoms with Crippen molar-refractivity contribution in [3.63, 3.8) is 0 Å². The van der Waals surface area contributed by atoms with Gasteiger partial charge in [0.2, 0.25) is 10.0 Å². The van der Waals surface area contributed by atoms with E-state index in [2.05, 4.69) is 0 Å². The summed E-state index contributed by atoms with van der Waals surface area (Å²) in [5.41, 5.74) is 1.11. The maximum Gasteiger partial charge on any atom is 0.336 e. The average Bonchev–Trinajstić information content (AvgIpc) is 2.58. The Morgan fingerprint density at radius 1 is 1.41 bits per heavy atom. The molecule has 0 saturated carbocycles. The van der Waals surface area contributed by atoms with E-state index in [9.17, 15) is 13.2 Å². The summed E-state index contributed by atoms with van der Waals surface area (Å²) in [4.78, 5) is 11.0. The molecule has 1 aromatic rings. The summed E-state index contributed by atoms with van der Waals surface area (Å²) in [6, 6.07) is 4.69. The first-order valence-corrected chi connectivity index (χ1v) is 6.88. The van der Waals surface area contributed by atoms with E-state index in [1.807, 2.05) is 0 Å². The highest BCUT2D eigenvalue weighted by molar-refractivity contribution is 7.93. The number of anilines is 1. The number of carbonyl (C=O) groups is 1. The predicted octanol–water partition coefficient (Wildman–Crippen LogP) is 1.23. The molecule has 1 fully saturated rings. The van der Waals surface area contributed by atoms with Crippen molar-refractivity contribution in [2.75, 3.05) is 16.6 Å². The highest BCUT2D eigenvalue weighted by Crippen LogP contribution is 2.29. The lowest BCUT2D eigenvalue weighted by Gasteiger charge is -2.20. The molecule has 0 spiro atoms. The van der Waals surface area contributed by atoms with Crippen molar-refractivity contribution in [3.05, 3.63) is 29.3 Å². The third-order valence-corrected chi connectivity index (χ3v) is 4.76. The molecule has 0 aromatic heterocycles. The van der Waals surface area contributed by atoms with Crippen LogP contribution in [0.3, 0.4) is 0 Å². The lowest BCUT2D eigenvalue weighted by atomic mass is 10.1. The molecule has 0 unspecified atom stereocenters. The van der Waals surface area contributed by atoms with E-state index in [-0.39, 0.29) is 11.3 Å². The van der Waals surface area contributed by atoms with Crippen LogP contribution in [0, 0.1) is 6.92 Å². The van der Waals surface area contributed by atoms with Crippen LogP contribution < -0.4 is 4.31 Å². The van der Waals surface area contributed by atoms with Crippen molar-refractivity contribution >= 4 is 21.7 Å². The molecule has 1 aromatic carbocycles. The second-order valence-electron chi connectivity index (χ2n) is 4.00. The molecule has 92 valence electrons. The molecular weight excluding hydrogens is 242 g/mol. The molecule has 1 N–H and O–H groups in total. The molecule has 5 nitrogen and oxygen atoms in total. The number of benzene rings is 1. The summed E-state index contributed by atoms with van der Waals surface area (Å²) in [7, 11) is -3.26. The van der Waals surface area contributed by atoms with Crippen LogP contribution in [0.5, 0.6) is 0 Å². The lowest BCUT2D eigenvalue weighted by molar-refractivity contribution is 0.0696. The van der Waals surface area contributed by atoms with E-state index in [1.54, 1.807) is 19.1 Å². The minimum Gasteiger partial charge on any atom is -0.478 e. The summed E-state index contributed by atoms with van der Waals surface area (Å²) in [5, 5.41) is 9.00. The Morgan fingerprint density at radius 3 is 2.65 bits per heavy atom. The van der Waals surface area contributed by atoms with Gasteiger partial charge in [0.05, 0.1) is 17.0 Å². The quantitative estimate of drug-likeness (QED) is 0.862. The van der Waals surface area contributed by atoms with Crippen molar-refractivity contribution in [1.29, 1.82) is 0 Å². The van der Waals surface area contributed by atoms with E-state index in [0.717, 1.165) is 0 Å². The van der Waals surface area contributed by atoms with Gasteiger partial charge in [-0.05, 0) is 31.0 Å². The van der Waals surface area contributed by atoms with Gasteiger partial charge in [-0.1, -0.05) is 6.07 Å². The van der Waals surface area contributed by atoms with Crippen LogP contribution in [0.15, 0.2) is 18.2 Å². The molecular formula is C11H13NO4S. The normalized spacial score (nSPS) is 18.3. The van der Waals surface area contributed by atoms with Gasteiger partial charge in [0.15, 0.2) is 0 Å². The molecule has 2 rings (SSSR count). The monoisotopic (exact) mass is 255 g/mol. The Labute approximate surface area is 99.7 Å². The van der Waals surface area contributed by atoms with E-state index in [1.165, 1.54) is 10.4 Å². The van der Waals surface area contributed by atoms with Gasteiger partial charge < -0.3 is 5.11 Å². The fourth-order valence-electron chi connectivity index (χ4n) is 2.04. The number of sulfonamides is 1. The first kappa shape index (κ1) is 11.9. The largest absolute Gasteiger partial charge is 0.478 e. The molecule has 0 aliphatic carbocycles. The van der Waals surface area contributed by atoms with Crippen LogP contribution in [0.4, 0.5) is 5.69 Å². The summed E-state index contributed by atoms with van der Waals surface area (Å²) in [5.74, 6) is -0.912. The molecule has 6 heteroatoms. The lowest BCUT2D eigenvalue weighted by Crippen LogP contribution is -2.26. The topological polar surface area (TPSA) is 74.7 Å². The SMILES string of the molecule is Cc1c(C(=O)O)cccc1N1CCCS1(=O)=O. The number of rotatable bonds is 2. The summed E-state index contributed by atoms with van der Waals surface area (Å²) in [6.45, 7) is 2.05. The first-order chi connectivity index (χ1) is 7.93. The Kier molecular flexibility index (Phi) is 2.82. The van der Waals surface area contributed by atoms with Gasteiger partial charge in [-0.2, -0.15) is 0 Å². The van der Waals surface area contributed by atoms with Crippen LogP contribution in [0.2, 0.25) is 0 Å². The molecule has 1 aliphatic heterocycles. The third-order valence-electron chi connectivity index (χ3n) is 2.90. The standard InChI is InChI=1S/C11H13NO4S/c1-8-9(11(13)14)4-2-5-10(8)12-6-3-7-17(12,15)16/h2,4-5H,3,6-7H2,1H3,(H,13,14). The summed E-state index contributed by atoms with van der Waals surface area (Å²) in [6.07, 6.45) is 0.582. The smallest absolute Gasteiger partial charge is 0.336 e. The summed E-state index contributed by atoms with van der Waals surface area (Å²) >= 11 is 0. The Morgan fingerprint density at radius 2 is 2.12 bits per heavy atom. The van der Waals surface area contributed by atoms with Crippen molar-refractivity contribution < 1.29 is 18.3 Å². The molecule has 0 atom stereocenters. The Balaban J connectivity index is 2.54. The highest BCUT2D eigenvalue weighted by Gasteiger charge is 2.30. The molecule has 0 amide bonds. The Hall–Kier alpha value is -1.56. The fraction of sp³-hybridized carbons (Fsp3) is 0.364. The van der Waals surface area contributed by atoms with E-state index in [4.69, 9.17) is 5.11 Å².